The number of aryl methyl sites for hydroxylation is 2. The number of esters is 1. The molecule has 4 aromatic carbocycles. The van der Waals surface area contributed by atoms with E-state index in [9.17, 15) is 14.4 Å². The van der Waals surface area contributed by atoms with Gasteiger partial charge in [0.1, 0.15) is 5.75 Å². The maximum Gasteiger partial charge on any atom is 0.343 e. The highest BCUT2D eigenvalue weighted by Gasteiger charge is 2.15. The van der Waals surface area contributed by atoms with Crippen LogP contribution >= 0.6 is 15.9 Å². The molecule has 0 bridgehead atoms. The fourth-order valence-corrected chi connectivity index (χ4v) is 3.93. The Hall–Kier alpha value is -4.56. The predicted molar refractivity (Wildman–Crippen MR) is 151 cm³/mol. The molecule has 0 aliphatic rings. The SMILES string of the molecule is Cc1ccc(C(=O)Oc2ccc(Br)cc2/C=N\NC(=O)c2ccccc2NC(=O)c2cccc(C)c2)cc1. The second-order valence-corrected chi connectivity index (χ2v) is 9.42. The van der Waals surface area contributed by atoms with Crippen LogP contribution in [0.2, 0.25) is 0 Å². The van der Waals surface area contributed by atoms with Gasteiger partial charge in [-0.25, -0.2) is 10.2 Å². The van der Waals surface area contributed by atoms with Crippen molar-refractivity contribution in [3.63, 3.8) is 0 Å². The third-order valence-corrected chi connectivity index (χ3v) is 6.02. The van der Waals surface area contributed by atoms with Crippen molar-refractivity contribution in [1.82, 2.24) is 5.43 Å². The summed E-state index contributed by atoms with van der Waals surface area (Å²) in [7, 11) is 0. The lowest BCUT2D eigenvalue weighted by molar-refractivity contribution is 0.0733. The summed E-state index contributed by atoms with van der Waals surface area (Å²) in [6.45, 7) is 3.83. The Labute approximate surface area is 228 Å². The van der Waals surface area contributed by atoms with Gasteiger partial charge >= 0.3 is 5.97 Å². The summed E-state index contributed by atoms with van der Waals surface area (Å²) < 4.78 is 6.31. The second kappa shape index (κ2) is 12.1. The molecule has 0 aliphatic heterocycles. The van der Waals surface area contributed by atoms with Crippen molar-refractivity contribution in [2.24, 2.45) is 5.10 Å². The van der Waals surface area contributed by atoms with E-state index in [0.717, 1.165) is 15.6 Å². The Morgan fingerprint density at radius 1 is 0.789 bits per heavy atom. The second-order valence-electron chi connectivity index (χ2n) is 8.51. The Bertz CT molecular complexity index is 1530. The quantitative estimate of drug-likeness (QED) is 0.118. The number of carbonyl (C=O) groups excluding carboxylic acids is 3. The van der Waals surface area contributed by atoms with Gasteiger partial charge in [0, 0.05) is 15.6 Å². The third kappa shape index (κ3) is 6.80. The number of amides is 2. The van der Waals surface area contributed by atoms with Crippen LogP contribution in [0, 0.1) is 13.8 Å². The molecule has 4 aromatic rings. The standard InChI is InChI=1S/C30H24BrN3O4/c1-19-10-12-21(13-11-19)30(37)38-27-15-14-24(31)17-23(27)18-32-34-29(36)25-8-3-4-9-26(25)33-28(35)22-7-5-6-20(2)16-22/h3-18H,1-2H3,(H,33,35)(H,34,36)/b32-18-. The van der Waals surface area contributed by atoms with Crippen LogP contribution in [0.15, 0.2) is 101 Å². The Morgan fingerprint density at radius 2 is 1.55 bits per heavy atom. The van der Waals surface area contributed by atoms with E-state index >= 15 is 0 Å². The van der Waals surface area contributed by atoms with Crippen molar-refractivity contribution < 1.29 is 19.1 Å². The lowest BCUT2D eigenvalue weighted by atomic mass is 10.1. The van der Waals surface area contributed by atoms with Gasteiger partial charge in [0.2, 0.25) is 0 Å². The molecule has 0 radical (unpaired) electrons. The van der Waals surface area contributed by atoms with Crippen LogP contribution in [-0.4, -0.2) is 24.0 Å². The van der Waals surface area contributed by atoms with E-state index in [1.165, 1.54) is 6.21 Å². The Morgan fingerprint density at radius 3 is 2.32 bits per heavy atom. The van der Waals surface area contributed by atoms with Crippen molar-refractivity contribution in [2.75, 3.05) is 5.32 Å². The van der Waals surface area contributed by atoms with Crippen LogP contribution in [0.4, 0.5) is 5.69 Å². The third-order valence-electron chi connectivity index (χ3n) is 5.53. The van der Waals surface area contributed by atoms with E-state index in [2.05, 4.69) is 31.8 Å². The average Bonchev–Trinajstić information content (AvgIpc) is 2.90. The molecule has 7 nitrogen and oxygen atoms in total. The summed E-state index contributed by atoms with van der Waals surface area (Å²) in [5.41, 5.74) is 6.42. The van der Waals surface area contributed by atoms with Gasteiger partial charge in [-0.2, -0.15) is 5.10 Å². The molecule has 0 spiro atoms. The number of hydrazone groups is 1. The largest absolute Gasteiger partial charge is 0.422 e. The molecule has 0 aromatic heterocycles. The Balaban J connectivity index is 1.47. The lowest BCUT2D eigenvalue weighted by Crippen LogP contribution is -2.21. The van der Waals surface area contributed by atoms with E-state index in [1.807, 2.05) is 32.0 Å². The molecule has 4 rings (SSSR count). The molecule has 190 valence electrons. The molecule has 38 heavy (non-hydrogen) atoms. The molecule has 0 heterocycles. The molecule has 0 atom stereocenters. The molecule has 0 unspecified atom stereocenters. The molecule has 0 saturated heterocycles. The van der Waals surface area contributed by atoms with Crippen LogP contribution in [0.5, 0.6) is 5.75 Å². The van der Waals surface area contributed by atoms with Crippen molar-refractivity contribution in [2.45, 2.75) is 13.8 Å². The van der Waals surface area contributed by atoms with Crippen molar-refractivity contribution in [3.8, 4) is 5.75 Å². The van der Waals surface area contributed by atoms with Gasteiger partial charge in [-0.1, -0.05) is 63.5 Å². The van der Waals surface area contributed by atoms with Gasteiger partial charge in [-0.3, -0.25) is 9.59 Å². The van der Waals surface area contributed by atoms with Gasteiger partial charge in [0.15, 0.2) is 0 Å². The van der Waals surface area contributed by atoms with Crippen molar-refractivity contribution >= 4 is 45.6 Å². The molecular formula is C30H24BrN3O4. The minimum Gasteiger partial charge on any atom is -0.422 e. The number of carbonyl (C=O) groups is 3. The summed E-state index contributed by atoms with van der Waals surface area (Å²) in [5.74, 6) is -1.08. The number of halogens is 1. The summed E-state index contributed by atoms with van der Waals surface area (Å²) in [6.07, 6.45) is 1.38. The molecular weight excluding hydrogens is 546 g/mol. The first kappa shape index (κ1) is 26.5. The first-order chi connectivity index (χ1) is 18.3. The Kier molecular flexibility index (Phi) is 8.45. The maximum atomic E-state index is 12.9. The van der Waals surface area contributed by atoms with Crippen molar-refractivity contribution in [3.05, 3.63) is 129 Å². The number of hydrogen-bond acceptors (Lipinski definition) is 5. The molecule has 0 saturated carbocycles. The number of benzene rings is 4. The van der Waals surface area contributed by atoms with E-state index < -0.39 is 11.9 Å². The summed E-state index contributed by atoms with van der Waals surface area (Å²) in [4.78, 5) is 38.2. The molecule has 2 N–H and O–H groups in total. The predicted octanol–water partition coefficient (Wildman–Crippen LogP) is 6.30. The minimum atomic E-state index is -0.519. The van der Waals surface area contributed by atoms with Gasteiger partial charge in [0.05, 0.1) is 23.0 Å². The van der Waals surface area contributed by atoms with Crippen molar-refractivity contribution in [1.29, 1.82) is 0 Å². The summed E-state index contributed by atoms with van der Waals surface area (Å²) >= 11 is 3.40. The highest BCUT2D eigenvalue weighted by atomic mass is 79.9. The molecule has 0 aliphatic carbocycles. The number of nitrogens with one attached hydrogen (secondary N) is 2. The smallest absolute Gasteiger partial charge is 0.343 e. The fourth-order valence-electron chi connectivity index (χ4n) is 3.55. The summed E-state index contributed by atoms with van der Waals surface area (Å²) in [5, 5.41) is 6.84. The monoisotopic (exact) mass is 569 g/mol. The van der Waals surface area contributed by atoms with Crippen LogP contribution < -0.4 is 15.5 Å². The number of rotatable bonds is 7. The zero-order valence-electron chi connectivity index (χ0n) is 20.7. The number of anilines is 1. The van der Waals surface area contributed by atoms with Crippen LogP contribution in [-0.2, 0) is 0 Å². The van der Waals surface area contributed by atoms with E-state index in [1.54, 1.807) is 72.8 Å². The van der Waals surface area contributed by atoms with Crippen LogP contribution in [0.25, 0.3) is 0 Å². The minimum absolute atomic E-state index is 0.242. The van der Waals surface area contributed by atoms with Crippen LogP contribution in [0.3, 0.4) is 0 Å². The topological polar surface area (TPSA) is 96.9 Å². The molecule has 2 amide bonds. The number of ether oxygens (including phenoxy) is 1. The average molecular weight is 570 g/mol. The summed E-state index contributed by atoms with van der Waals surface area (Å²) in [6, 6.07) is 25.9. The molecule has 0 fully saturated rings. The first-order valence-corrected chi connectivity index (χ1v) is 12.5. The van der Waals surface area contributed by atoms with Gasteiger partial charge in [-0.05, 0) is 68.4 Å². The van der Waals surface area contributed by atoms with E-state index in [4.69, 9.17) is 4.74 Å². The molecule has 8 heteroatoms. The van der Waals surface area contributed by atoms with Gasteiger partial charge in [-0.15, -0.1) is 0 Å². The zero-order valence-corrected chi connectivity index (χ0v) is 22.3. The number of hydrogen-bond donors (Lipinski definition) is 2. The van der Waals surface area contributed by atoms with Gasteiger partial charge in [0.25, 0.3) is 11.8 Å². The zero-order chi connectivity index (χ0) is 27.1. The fraction of sp³-hybridized carbons (Fsp3) is 0.0667. The maximum absolute atomic E-state index is 12.9. The van der Waals surface area contributed by atoms with Gasteiger partial charge < -0.3 is 10.1 Å². The number of para-hydroxylation sites is 1. The van der Waals surface area contributed by atoms with E-state index in [0.29, 0.717) is 22.4 Å². The normalized spacial score (nSPS) is 10.7. The van der Waals surface area contributed by atoms with E-state index in [-0.39, 0.29) is 17.2 Å². The van der Waals surface area contributed by atoms with Crippen LogP contribution in [0.1, 0.15) is 47.8 Å². The first-order valence-electron chi connectivity index (χ1n) is 11.7. The highest BCUT2D eigenvalue weighted by molar-refractivity contribution is 9.10. The number of nitrogens with zero attached hydrogens (tertiary/aromatic N) is 1. The lowest BCUT2D eigenvalue weighted by Gasteiger charge is -2.11. The highest BCUT2D eigenvalue weighted by Crippen LogP contribution is 2.23.